The van der Waals surface area contributed by atoms with Crippen molar-refractivity contribution in [1.82, 2.24) is 0 Å². The Hall–Kier alpha value is -5.56. The Kier molecular flexibility index (Phi) is 6.03. The van der Waals surface area contributed by atoms with Crippen molar-refractivity contribution in [2.24, 2.45) is 17.8 Å². The number of esters is 1. The Labute approximate surface area is 271 Å². The lowest BCUT2D eigenvalue weighted by Crippen LogP contribution is -2.41. The van der Waals surface area contributed by atoms with Gasteiger partial charge in [-0.25, -0.2) is 4.90 Å². The zero-order valence-electron chi connectivity index (χ0n) is 25.6. The summed E-state index contributed by atoms with van der Waals surface area (Å²) < 4.78 is 5.79. The number of amides is 3. The van der Waals surface area contributed by atoms with Gasteiger partial charge in [0.1, 0.15) is 5.75 Å². The maximum Gasteiger partial charge on any atom is 0.316 e. The van der Waals surface area contributed by atoms with Crippen molar-refractivity contribution in [2.75, 3.05) is 16.3 Å². The number of carbonyl (C=O) groups excluding carboxylic acids is 4. The highest BCUT2D eigenvalue weighted by molar-refractivity contribution is 6.23. The molecule has 0 radical (unpaired) electrons. The van der Waals surface area contributed by atoms with E-state index in [1.165, 1.54) is 4.90 Å². The van der Waals surface area contributed by atoms with Crippen LogP contribution in [0.5, 0.6) is 5.75 Å². The van der Waals surface area contributed by atoms with Crippen molar-refractivity contribution in [3.05, 3.63) is 137 Å². The molecule has 10 rings (SSSR count). The molecule has 230 valence electrons. The zero-order valence-corrected chi connectivity index (χ0v) is 25.6. The first-order valence-corrected chi connectivity index (χ1v) is 16.1. The van der Waals surface area contributed by atoms with Gasteiger partial charge in [0.05, 0.1) is 29.1 Å². The first kappa shape index (κ1) is 27.7. The first-order valence-electron chi connectivity index (χ1n) is 16.1. The average Bonchev–Trinajstić information content (AvgIpc) is 3.61. The molecule has 5 aliphatic rings. The maximum atomic E-state index is 14.2. The fourth-order valence-electron chi connectivity index (χ4n) is 8.60. The molecule has 0 saturated carbocycles. The highest BCUT2D eigenvalue weighted by Gasteiger charge is 2.61. The molecular weight excluding hydrogens is 588 g/mol. The molecule has 5 aromatic carbocycles. The van der Waals surface area contributed by atoms with E-state index in [0.29, 0.717) is 17.0 Å². The van der Waals surface area contributed by atoms with Gasteiger partial charge >= 0.3 is 5.97 Å². The summed E-state index contributed by atoms with van der Waals surface area (Å²) in [4.78, 5) is 57.7. The molecule has 3 amide bonds. The van der Waals surface area contributed by atoms with E-state index in [0.717, 1.165) is 38.7 Å². The van der Waals surface area contributed by atoms with Gasteiger partial charge in [-0.05, 0) is 64.4 Å². The topological polar surface area (TPSA) is 84.0 Å². The van der Waals surface area contributed by atoms with Crippen molar-refractivity contribution in [2.45, 2.75) is 25.2 Å². The summed E-state index contributed by atoms with van der Waals surface area (Å²) in [6.45, 7) is 2.05. The van der Waals surface area contributed by atoms with Gasteiger partial charge in [0.2, 0.25) is 17.7 Å². The quantitative estimate of drug-likeness (QED) is 0.130. The third-order valence-corrected chi connectivity index (χ3v) is 10.6. The molecule has 3 aliphatic carbocycles. The van der Waals surface area contributed by atoms with E-state index in [1.807, 2.05) is 73.7 Å². The van der Waals surface area contributed by atoms with E-state index < -0.39 is 23.7 Å². The Morgan fingerprint density at radius 3 is 1.87 bits per heavy atom. The molecule has 2 heterocycles. The van der Waals surface area contributed by atoms with Gasteiger partial charge in [-0.2, -0.15) is 0 Å². The molecule has 7 nitrogen and oxygen atoms in total. The highest BCUT2D eigenvalue weighted by atomic mass is 16.5. The minimum Gasteiger partial charge on any atom is -0.426 e. The van der Waals surface area contributed by atoms with Gasteiger partial charge in [0.15, 0.2) is 0 Å². The fraction of sp³-hybridized carbons (Fsp3) is 0.200. The molecule has 2 bridgehead atoms. The number of ether oxygens (including phenoxy) is 1. The van der Waals surface area contributed by atoms with Crippen LogP contribution in [0.15, 0.2) is 109 Å². The summed E-state index contributed by atoms with van der Waals surface area (Å²) in [6, 6.07) is 35.0. The summed E-state index contributed by atoms with van der Waals surface area (Å²) in [6.07, 6.45) is 0.0613. The average molecular weight is 619 g/mol. The lowest BCUT2D eigenvalue weighted by atomic mass is 9.55. The lowest BCUT2D eigenvalue weighted by Gasteiger charge is -2.45. The van der Waals surface area contributed by atoms with Crippen molar-refractivity contribution < 1.29 is 23.9 Å². The number of hydrogen-bond donors (Lipinski definition) is 0. The van der Waals surface area contributed by atoms with Crippen LogP contribution in [0.4, 0.5) is 11.4 Å². The number of rotatable bonds is 4. The molecule has 5 aromatic rings. The molecular formula is C40H30N2O5. The smallest absolute Gasteiger partial charge is 0.316 e. The van der Waals surface area contributed by atoms with Crippen LogP contribution >= 0.6 is 0 Å². The summed E-state index contributed by atoms with van der Waals surface area (Å²) in [5, 5.41) is 1.98. The number of fused-ring (bicyclic) bond motifs is 1. The van der Waals surface area contributed by atoms with Crippen LogP contribution in [0.25, 0.3) is 10.8 Å². The van der Waals surface area contributed by atoms with Crippen molar-refractivity contribution in [3.63, 3.8) is 0 Å². The SMILES string of the molecule is Cc1cc(OC(=O)[C@@H]2CC(=O)N(c3cccc4ccccc34)C2)ccc1N1C(=O)[C@H]2C3c4ccccc4C(c4ccccc43)[C@@H]2C1=O. The normalized spacial score (nSPS) is 24.0. The summed E-state index contributed by atoms with van der Waals surface area (Å²) >= 11 is 0. The minimum atomic E-state index is -0.620. The van der Waals surface area contributed by atoms with Gasteiger partial charge in [-0.1, -0.05) is 84.9 Å². The molecule has 2 fully saturated rings. The van der Waals surface area contributed by atoms with Gasteiger partial charge in [-0.15, -0.1) is 0 Å². The molecule has 2 aliphatic heterocycles. The predicted molar refractivity (Wildman–Crippen MR) is 177 cm³/mol. The van der Waals surface area contributed by atoms with E-state index in [1.54, 1.807) is 23.1 Å². The fourth-order valence-corrected chi connectivity index (χ4v) is 8.60. The summed E-state index contributed by atoms with van der Waals surface area (Å²) in [5.74, 6) is -2.61. The van der Waals surface area contributed by atoms with Gasteiger partial charge < -0.3 is 9.64 Å². The van der Waals surface area contributed by atoms with E-state index in [9.17, 15) is 19.2 Å². The highest BCUT2D eigenvalue weighted by Crippen LogP contribution is 2.61. The van der Waals surface area contributed by atoms with Crippen molar-refractivity contribution in [1.29, 1.82) is 0 Å². The van der Waals surface area contributed by atoms with Crippen LogP contribution in [-0.4, -0.2) is 30.2 Å². The molecule has 0 aromatic heterocycles. The lowest BCUT2D eigenvalue weighted by molar-refractivity contribution is -0.139. The zero-order chi connectivity index (χ0) is 32.0. The van der Waals surface area contributed by atoms with E-state index in [2.05, 4.69) is 24.3 Å². The molecule has 0 N–H and O–H groups in total. The summed E-state index contributed by atoms with van der Waals surface area (Å²) in [5.41, 5.74) is 6.45. The number of carbonyl (C=O) groups is 4. The van der Waals surface area contributed by atoms with Crippen molar-refractivity contribution >= 4 is 45.8 Å². The molecule has 0 unspecified atom stereocenters. The van der Waals surface area contributed by atoms with E-state index in [-0.39, 0.29) is 42.5 Å². The van der Waals surface area contributed by atoms with Crippen LogP contribution in [-0.2, 0) is 19.2 Å². The third-order valence-electron chi connectivity index (χ3n) is 10.6. The van der Waals surface area contributed by atoms with Gasteiger partial charge in [0.25, 0.3) is 0 Å². The molecule has 3 atom stereocenters. The predicted octanol–water partition coefficient (Wildman–Crippen LogP) is 6.50. The Bertz CT molecular complexity index is 2070. The molecule has 7 heteroatoms. The number of nitrogens with zero attached hydrogens (tertiary/aromatic N) is 2. The largest absolute Gasteiger partial charge is 0.426 e. The second-order valence-corrected chi connectivity index (χ2v) is 13.0. The van der Waals surface area contributed by atoms with E-state index >= 15 is 0 Å². The Balaban J connectivity index is 0.967. The van der Waals surface area contributed by atoms with Crippen LogP contribution in [0, 0.1) is 24.7 Å². The second kappa shape index (κ2) is 10.2. The molecule has 2 saturated heterocycles. The molecule has 0 spiro atoms. The van der Waals surface area contributed by atoms with Crippen LogP contribution in [0.2, 0.25) is 0 Å². The van der Waals surface area contributed by atoms with Crippen LogP contribution < -0.4 is 14.5 Å². The van der Waals surface area contributed by atoms with Crippen molar-refractivity contribution in [3.8, 4) is 5.75 Å². The maximum absolute atomic E-state index is 14.2. The Morgan fingerprint density at radius 1 is 0.681 bits per heavy atom. The number of aryl methyl sites for hydroxylation is 1. The number of benzene rings is 5. The monoisotopic (exact) mass is 618 g/mol. The van der Waals surface area contributed by atoms with Gasteiger partial charge in [-0.3, -0.25) is 19.2 Å². The van der Waals surface area contributed by atoms with Crippen LogP contribution in [0.1, 0.15) is 46.1 Å². The first-order chi connectivity index (χ1) is 22.9. The number of anilines is 2. The van der Waals surface area contributed by atoms with Crippen LogP contribution in [0.3, 0.4) is 0 Å². The van der Waals surface area contributed by atoms with E-state index in [4.69, 9.17) is 4.74 Å². The number of imide groups is 1. The minimum absolute atomic E-state index is 0.0613. The van der Waals surface area contributed by atoms with Gasteiger partial charge in [0, 0.05) is 30.2 Å². The standard InChI is InChI=1S/C40H30N2O5/c1-22-19-25(47-40(46)24-20-33(43)41(21-24)32-16-8-10-23-9-2-3-11-26(23)32)17-18-31(22)42-38(44)36-34-27-12-4-5-13-28(27)35(37(36)39(42)45)30-15-7-6-14-29(30)34/h2-19,24,34-37H,20-21H2,1H3/t24-,34?,35?,36+,37+/m1/s1. The molecule has 47 heavy (non-hydrogen) atoms. The summed E-state index contributed by atoms with van der Waals surface area (Å²) in [7, 11) is 0. The number of hydrogen-bond acceptors (Lipinski definition) is 5. The Morgan fingerprint density at radius 2 is 1.26 bits per heavy atom. The second-order valence-electron chi connectivity index (χ2n) is 13.0. The third kappa shape index (κ3) is 3.99.